The summed E-state index contributed by atoms with van der Waals surface area (Å²) < 4.78 is 23.1. The summed E-state index contributed by atoms with van der Waals surface area (Å²) in [6.45, 7) is 4.05. The normalized spacial score (nSPS) is 12.2. The van der Waals surface area contributed by atoms with Gasteiger partial charge in [-0.3, -0.25) is 0 Å². The highest BCUT2D eigenvalue weighted by Crippen LogP contribution is 2.12. The molecule has 0 fully saturated rings. The first kappa shape index (κ1) is 11.7. The zero-order valence-corrected chi connectivity index (χ0v) is 10.1. The summed E-state index contributed by atoms with van der Waals surface area (Å²) in [7, 11) is -2.95. The lowest BCUT2D eigenvalue weighted by molar-refractivity contribution is 0.573. The Bertz CT molecular complexity index is 354. The molecule has 80 valence electrons. The van der Waals surface area contributed by atoms with Crippen LogP contribution in [0.4, 0.5) is 0 Å². The SMILES string of the molecule is CC(C)CCS(=O)(=O)Cc1nccs1. The minimum atomic E-state index is -2.95. The quantitative estimate of drug-likeness (QED) is 0.782. The van der Waals surface area contributed by atoms with E-state index >= 15 is 0 Å². The molecule has 0 N–H and O–H groups in total. The molecule has 0 aliphatic rings. The maximum atomic E-state index is 11.6. The molecule has 0 aliphatic heterocycles. The molecule has 0 unspecified atom stereocenters. The topological polar surface area (TPSA) is 47.0 Å². The van der Waals surface area contributed by atoms with Crippen molar-refractivity contribution in [3.05, 3.63) is 16.6 Å². The molecule has 1 aromatic heterocycles. The van der Waals surface area contributed by atoms with Crippen LogP contribution in [0.5, 0.6) is 0 Å². The Hall–Kier alpha value is -0.420. The van der Waals surface area contributed by atoms with Gasteiger partial charge in [0, 0.05) is 11.6 Å². The fourth-order valence-electron chi connectivity index (χ4n) is 1.000. The van der Waals surface area contributed by atoms with Crippen LogP contribution in [0, 0.1) is 5.92 Å². The van der Waals surface area contributed by atoms with Crippen molar-refractivity contribution in [2.45, 2.75) is 26.0 Å². The van der Waals surface area contributed by atoms with E-state index in [9.17, 15) is 8.42 Å². The highest BCUT2D eigenvalue weighted by Gasteiger charge is 2.13. The molecule has 0 saturated heterocycles. The summed E-state index contributed by atoms with van der Waals surface area (Å²) in [5.74, 6) is 0.794. The predicted molar refractivity (Wildman–Crippen MR) is 59.1 cm³/mol. The van der Waals surface area contributed by atoms with E-state index in [1.165, 1.54) is 11.3 Å². The van der Waals surface area contributed by atoms with Gasteiger partial charge in [-0.05, 0) is 12.3 Å². The van der Waals surface area contributed by atoms with Crippen LogP contribution in [0.1, 0.15) is 25.3 Å². The van der Waals surface area contributed by atoms with Crippen LogP contribution in [0.2, 0.25) is 0 Å². The first-order chi connectivity index (χ1) is 6.49. The molecule has 0 atom stereocenters. The van der Waals surface area contributed by atoms with Crippen LogP contribution in [-0.2, 0) is 15.6 Å². The summed E-state index contributed by atoms with van der Waals surface area (Å²) >= 11 is 1.39. The van der Waals surface area contributed by atoms with Gasteiger partial charge in [0.15, 0.2) is 9.84 Å². The number of aromatic nitrogens is 1. The lowest BCUT2D eigenvalue weighted by Crippen LogP contribution is -2.11. The van der Waals surface area contributed by atoms with Crippen molar-refractivity contribution < 1.29 is 8.42 Å². The fraction of sp³-hybridized carbons (Fsp3) is 0.667. The van der Waals surface area contributed by atoms with Crippen molar-refractivity contribution in [1.29, 1.82) is 0 Å². The van der Waals surface area contributed by atoms with Gasteiger partial charge in [-0.1, -0.05) is 13.8 Å². The van der Waals surface area contributed by atoms with Gasteiger partial charge in [0.2, 0.25) is 0 Å². The minimum absolute atomic E-state index is 0.0946. The molecular weight excluding hydrogens is 218 g/mol. The molecule has 1 rings (SSSR count). The number of sulfone groups is 1. The van der Waals surface area contributed by atoms with Crippen LogP contribution in [0.15, 0.2) is 11.6 Å². The van der Waals surface area contributed by atoms with Gasteiger partial charge in [0.25, 0.3) is 0 Å². The lowest BCUT2D eigenvalue weighted by Gasteiger charge is -2.04. The highest BCUT2D eigenvalue weighted by atomic mass is 32.2. The van der Waals surface area contributed by atoms with Gasteiger partial charge in [-0.15, -0.1) is 11.3 Å². The first-order valence-corrected chi connectivity index (χ1v) is 7.28. The van der Waals surface area contributed by atoms with E-state index in [2.05, 4.69) is 4.98 Å². The number of thiazole rings is 1. The summed E-state index contributed by atoms with van der Waals surface area (Å²) in [5.41, 5.74) is 0. The Labute approximate surface area is 89.1 Å². The number of hydrogen-bond donors (Lipinski definition) is 0. The van der Waals surface area contributed by atoms with E-state index in [1.54, 1.807) is 11.6 Å². The average Bonchev–Trinajstić information content (AvgIpc) is 2.53. The summed E-state index contributed by atoms with van der Waals surface area (Å²) in [6.07, 6.45) is 2.37. The number of hydrogen-bond acceptors (Lipinski definition) is 4. The van der Waals surface area contributed by atoms with E-state index in [1.807, 2.05) is 13.8 Å². The van der Waals surface area contributed by atoms with Crippen molar-refractivity contribution >= 4 is 21.2 Å². The van der Waals surface area contributed by atoms with E-state index in [-0.39, 0.29) is 11.5 Å². The van der Waals surface area contributed by atoms with E-state index < -0.39 is 9.84 Å². The predicted octanol–water partition coefficient (Wildman–Crippen LogP) is 2.10. The smallest absolute Gasteiger partial charge is 0.156 e. The van der Waals surface area contributed by atoms with Crippen molar-refractivity contribution in [2.75, 3.05) is 5.75 Å². The van der Waals surface area contributed by atoms with Crippen LogP contribution >= 0.6 is 11.3 Å². The summed E-state index contributed by atoms with van der Waals surface area (Å²) in [4.78, 5) is 3.97. The second-order valence-corrected chi connectivity index (χ2v) is 6.86. The monoisotopic (exact) mass is 233 g/mol. The van der Waals surface area contributed by atoms with E-state index in [4.69, 9.17) is 0 Å². The van der Waals surface area contributed by atoms with Gasteiger partial charge in [-0.25, -0.2) is 13.4 Å². The van der Waals surface area contributed by atoms with E-state index in [0.717, 1.165) is 6.42 Å². The Morgan fingerprint density at radius 3 is 2.71 bits per heavy atom. The second-order valence-electron chi connectivity index (χ2n) is 3.70. The van der Waals surface area contributed by atoms with Gasteiger partial charge in [-0.2, -0.15) is 0 Å². The summed E-state index contributed by atoms with van der Waals surface area (Å²) in [5, 5.41) is 2.49. The molecule has 0 amide bonds. The maximum absolute atomic E-state index is 11.6. The zero-order chi connectivity index (χ0) is 10.6. The third-order valence-electron chi connectivity index (χ3n) is 1.83. The van der Waals surface area contributed by atoms with Gasteiger partial charge in [0.05, 0.1) is 5.75 Å². The third kappa shape index (κ3) is 4.19. The van der Waals surface area contributed by atoms with Crippen LogP contribution in [-0.4, -0.2) is 19.2 Å². The highest BCUT2D eigenvalue weighted by molar-refractivity contribution is 7.90. The van der Waals surface area contributed by atoms with Crippen molar-refractivity contribution in [2.24, 2.45) is 5.92 Å². The average molecular weight is 233 g/mol. The molecule has 0 saturated carbocycles. The molecule has 3 nitrogen and oxygen atoms in total. The molecule has 5 heteroatoms. The Balaban J connectivity index is 2.51. The van der Waals surface area contributed by atoms with Gasteiger partial charge >= 0.3 is 0 Å². The summed E-state index contributed by atoms with van der Waals surface area (Å²) in [6, 6.07) is 0. The minimum Gasteiger partial charge on any atom is -0.249 e. The number of nitrogens with zero attached hydrogens (tertiary/aromatic N) is 1. The maximum Gasteiger partial charge on any atom is 0.156 e. The van der Waals surface area contributed by atoms with Crippen molar-refractivity contribution in [1.82, 2.24) is 4.98 Å². The first-order valence-electron chi connectivity index (χ1n) is 4.58. The van der Waals surface area contributed by atoms with E-state index in [0.29, 0.717) is 10.9 Å². The molecule has 1 heterocycles. The molecule has 0 bridgehead atoms. The Morgan fingerprint density at radius 1 is 1.50 bits per heavy atom. The third-order valence-corrected chi connectivity index (χ3v) is 4.37. The molecule has 14 heavy (non-hydrogen) atoms. The Kier molecular flexibility index (Phi) is 4.07. The van der Waals surface area contributed by atoms with Crippen LogP contribution < -0.4 is 0 Å². The molecule has 0 aromatic carbocycles. The van der Waals surface area contributed by atoms with Crippen LogP contribution in [0.25, 0.3) is 0 Å². The van der Waals surface area contributed by atoms with Gasteiger partial charge in [0.1, 0.15) is 10.8 Å². The second kappa shape index (κ2) is 4.89. The molecule has 0 radical (unpaired) electrons. The largest absolute Gasteiger partial charge is 0.249 e. The van der Waals surface area contributed by atoms with Crippen molar-refractivity contribution in [3.63, 3.8) is 0 Å². The lowest BCUT2D eigenvalue weighted by atomic mass is 10.2. The standard InChI is InChI=1S/C9H15NO2S2/c1-8(2)3-6-14(11,12)7-9-10-4-5-13-9/h4-5,8H,3,6-7H2,1-2H3. The molecule has 0 aliphatic carbocycles. The zero-order valence-electron chi connectivity index (χ0n) is 8.43. The molecule has 0 spiro atoms. The van der Waals surface area contributed by atoms with Gasteiger partial charge < -0.3 is 0 Å². The molecule has 1 aromatic rings. The fourth-order valence-corrected chi connectivity index (χ4v) is 3.64. The number of rotatable bonds is 5. The Morgan fingerprint density at radius 2 is 2.21 bits per heavy atom. The van der Waals surface area contributed by atoms with Crippen molar-refractivity contribution in [3.8, 4) is 0 Å². The van der Waals surface area contributed by atoms with Crippen LogP contribution in [0.3, 0.4) is 0 Å². The molecular formula is C9H15NO2S2.